The lowest BCUT2D eigenvalue weighted by molar-refractivity contribution is 0.0725. The molecule has 0 saturated carbocycles. The number of amides is 1. The second-order valence-electron chi connectivity index (χ2n) is 4.74. The average molecular weight is 352 g/mol. The van der Waals surface area contributed by atoms with Crippen LogP contribution in [0.3, 0.4) is 0 Å². The molecule has 1 aromatic heterocycles. The molecule has 0 radical (unpaired) electrons. The van der Waals surface area contributed by atoms with Gasteiger partial charge in [-0.05, 0) is 32.0 Å². The van der Waals surface area contributed by atoms with Crippen LogP contribution in [0.2, 0.25) is 10.3 Å². The average Bonchev–Trinajstić information content (AvgIpc) is 2.45. The van der Waals surface area contributed by atoms with Crippen LogP contribution >= 0.6 is 23.2 Å². The van der Waals surface area contributed by atoms with E-state index in [-0.39, 0.29) is 16.2 Å². The molecule has 1 aliphatic heterocycles. The molecular weight excluding hydrogens is 337 g/mol. The van der Waals surface area contributed by atoms with Gasteiger partial charge in [-0.3, -0.25) is 4.79 Å². The predicted octanol–water partition coefficient (Wildman–Crippen LogP) is 1.54. The molecule has 116 valence electrons. The molecule has 2 heterocycles. The molecule has 0 atom stereocenters. The molecule has 1 N–H and O–H groups in total. The lowest BCUT2D eigenvalue weighted by atomic mass is 10.1. The molecule has 1 fully saturated rings. The molecule has 0 unspecified atom stereocenters. The third-order valence-corrected chi connectivity index (χ3v) is 5.77. The highest BCUT2D eigenvalue weighted by atomic mass is 35.5. The van der Waals surface area contributed by atoms with Crippen LogP contribution in [-0.2, 0) is 10.0 Å². The maximum Gasteiger partial charge on any atom is 0.254 e. The first-order valence-corrected chi connectivity index (χ1v) is 8.68. The SMILES string of the molecule is CNS(=O)(=O)C1CCN(C(=O)c2cc(Cl)nc(Cl)c2)CC1. The number of carbonyl (C=O) groups excluding carboxylic acids is 1. The van der Waals surface area contributed by atoms with Gasteiger partial charge in [-0.1, -0.05) is 23.2 Å². The minimum atomic E-state index is -3.29. The second-order valence-corrected chi connectivity index (χ2v) is 7.68. The highest BCUT2D eigenvalue weighted by molar-refractivity contribution is 7.90. The number of likely N-dealkylation sites (tertiary alicyclic amines) is 1. The Kier molecular flexibility index (Phi) is 5.08. The molecule has 1 amide bonds. The van der Waals surface area contributed by atoms with Crippen molar-refractivity contribution in [3.8, 4) is 0 Å². The monoisotopic (exact) mass is 351 g/mol. The van der Waals surface area contributed by atoms with Crippen molar-refractivity contribution < 1.29 is 13.2 Å². The molecule has 0 bridgehead atoms. The summed E-state index contributed by atoms with van der Waals surface area (Å²) in [7, 11) is -1.89. The molecule has 2 rings (SSSR count). The summed E-state index contributed by atoms with van der Waals surface area (Å²) in [6.45, 7) is 0.754. The van der Waals surface area contributed by atoms with Crippen LogP contribution in [0, 0.1) is 0 Å². The molecule has 0 aliphatic carbocycles. The number of aromatic nitrogens is 1. The molecule has 9 heteroatoms. The summed E-state index contributed by atoms with van der Waals surface area (Å²) in [5.74, 6) is -0.221. The van der Waals surface area contributed by atoms with Gasteiger partial charge in [0.15, 0.2) is 0 Å². The highest BCUT2D eigenvalue weighted by Gasteiger charge is 2.31. The number of sulfonamides is 1. The van der Waals surface area contributed by atoms with Gasteiger partial charge in [-0.25, -0.2) is 18.1 Å². The third-order valence-electron chi connectivity index (χ3n) is 3.46. The lowest BCUT2D eigenvalue weighted by Gasteiger charge is -2.31. The zero-order chi connectivity index (χ0) is 15.6. The van der Waals surface area contributed by atoms with E-state index in [2.05, 4.69) is 9.71 Å². The summed E-state index contributed by atoms with van der Waals surface area (Å²) in [5, 5.41) is -0.159. The van der Waals surface area contributed by atoms with Crippen molar-refractivity contribution in [2.24, 2.45) is 0 Å². The van der Waals surface area contributed by atoms with Crippen LogP contribution in [0.25, 0.3) is 0 Å². The Bertz CT molecular complexity index is 623. The number of nitrogens with one attached hydrogen (secondary N) is 1. The first kappa shape index (κ1) is 16.5. The predicted molar refractivity (Wildman–Crippen MR) is 81.2 cm³/mol. The molecular formula is C12H15Cl2N3O3S. The number of rotatable bonds is 3. The quantitative estimate of drug-likeness (QED) is 0.837. The Balaban J connectivity index is 2.07. The molecule has 1 saturated heterocycles. The standard InChI is InChI=1S/C12H15Cl2N3O3S/c1-15-21(19,20)9-2-4-17(5-3-9)12(18)8-6-10(13)16-11(14)7-8/h6-7,9,15H,2-5H2,1H3. The van der Waals surface area contributed by atoms with Crippen LogP contribution in [-0.4, -0.2) is 49.6 Å². The number of pyridine rings is 1. The second kappa shape index (κ2) is 6.48. The van der Waals surface area contributed by atoms with Crippen molar-refractivity contribution in [3.05, 3.63) is 28.0 Å². The number of hydrogen-bond acceptors (Lipinski definition) is 4. The normalized spacial score (nSPS) is 17.0. The van der Waals surface area contributed by atoms with Crippen LogP contribution in [0.1, 0.15) is 23.2 Å². The van der Waals surface area contributed by atoms with Crippen LogP contribution in [0.5, 0.6) is 0 Å². The Morgan fingerprint density at radius 2 is 1.81 bits per heavy atom. The lowest BCUT2D eigenvalue weighted by Crippen LogP contribution is -2.44. The van der Waals surface area contributed by atoms with E-state index in [1.165, 1.54) is 19.2 Å². The zero-order valence-electron chi connectivity index (χ0n) is 11.3. The van der Waals surface area contributed by atoms with E-state index in [1.807, 2.05) is 0 Å². The fourth-order valence-electron chi connectivity index (χ4n) is 2.31. The molecule has 21 heavy (non-hydrogen) atoms. The van der Waals surface area contributed by atoms with Crippen molar-refractivity contribution in [3.63, 3.8) is 0 Å². The smallest absolute Gasteiger partial charge is 0.254 e. The summed E-state index contributed by atoms with van der Waals surface area (Å²) in [6.07, 6.45) is 0.808. The molecule has 0 spiro atoms. The zero-order valence-corrected chi connectivity index (χ0v) is 13.7. The van der Waals surface area contributed by atoms with Crippen molar-refractivity contribution in [1.29, 1.82) is 0 Å². The molecule has 0 aromatic carbocycles. The van der Waals surface area contributed by atoms with E-state index in [0.717, 1.165) is 0 Å². The van der Waals surface area contributed by atoms with Gasteiger partial charge in [-0.2, -0.15) is 0 Å². The molecule has 1 aliphatic rings. The Hall–Kier alpha value is -0.890. The summed E-state index contributed by atoms with van der Waals surface area (Å²) in [6, 6.07) is 2.90. The van der Waals surface area contributed by atoms with Gasteiger partial charge < -0.3 is 4.90 Å². The molecule has 6 nitrogen and oxygen atoms in total. The maximum absolute atomic E-state index is 12.3. The van der Waals surface area contributed by atoms with E-state index in [9.17, 15) is 13.2 Å². The largest absolute Gasteiger partial charge is 0.339 e. The minimum absolute atomic E-state index is 0.151. The van der Waals surface area contributed by atoms with Crippen molar-refractivity contribution in [1.82, 2.24) is 14.6 Å². The fraction of sp³-hybridized carbons (Fsp3) is 0.500. The first-order valence-electron chi connectivity index (χ1n) is 6.38. The highest BCUT2D eigenvalue weighted by Crippen LogP contribution is 2.21. The molecule has 1 aromatic rings. The van der Waals surface area contributed by atoms with Crippen molar-refractivity contribution >= 4 is 39.1 Å². The van der Waals surface area contributed by atoms with Gasteiger partial charge in [0.2, 0.25) is 10.0 Å². The Morgan fingerprint density at radius 1 is 1.29 bits per heavy atom. The summed E-state index contributed by atoms with van der Waals surface area (Å²) < 4.78 is 25.8. The number of carbonyl (C=O) groups is 1. The number of hydrogen-bond donors (Lipinski definition) is 1. The summed E-state index contributed by atoms with van der Waals surface area (Å²) >= 11 is 11.6. The minimum Gasteiger partial charge on any atom is -0.339 e. The van der Waals surface area contributed by atoms with E-state index in [4.69, 9.17) is 23.2 Å². The van der Waals surface area contributed by atoms with Crippen molar-refractivity contribution in [2.45, 2.75) is 18.1 Å². The van der Waals surface area contributed by atoms with Gasteiger partial charge >= 0.3 is 0 Å². The van der Waals surface area contributed by atoms with Gasteiger partial charge in [0.25, 0.3) is 5.91 Å². The van der Waals surface area contributed by atoms with Crippen LogP contribution in [0.15, 0.2) is 12.1 Å². The van der Waals surface area contributed by atoms with Crippen LogP contribution < -0.4 is 4.72 Å². The first-order chi connectivity index (χ1) is 9.83. The number of halogens is 2. The van der Waals surface area contributed by atoms with Crippen LogP contribution in [0.4, 0.5) is 0 Å². The van der Waals surface area contributed by atoms with Crippen molar-refractivity contribution in [2.75, 3.05) is 20.1 Å². The topological polar surface area (TPSA) is 79.4 Å². The summed E-state index contributed by atoms with van der Waals surface area (Å²) in [4.78, 5) is 17.7. The number of piperidine rings is 1. The Labute approximate surface area is 133 Å². The number of nitrogens with zero attached hydrogens (tertiary/aromatic N) is 2. The van der Waals surface area contributed by atoms with E-state index < -0.39 is 15.3 Å². The van der Waals surface area contributed by atoms with Gasteiger partial charge in [0.05, 0.1) is 5.25 Å². The Morgan fingerprint density at radius 3 is 2.29 bits per heavy atom. The van der Waals surface area contributed by atoms with Gasteiger partial charge in [-0.15, -0.1) is 0 Å². The van der Waals surface area contributed by atoms with Gasteiger partial charge in [0.1, 0.15) is 10.3 Å². The van der Waals surface area contributed by atoms with Gasteiger partial charge in [0, 0.05) is 18.7 Å². The maximum atomic E-state index is 12.3. The summed E-state index contributed by atoms with van der Waals surface area (Å²) in [5.41, 5.74) is 0.356. The van der Waals surface area contributed by atoms with E-state index >= 15 is 0 Å². The fourth-order valence-corrected chi connectivity index (χ4v) is 3.93. The van der Waals surface area contributed by atoms with E-state index in [1.54, 1.807) is 4.90 Å². The van der Waals surface area contributed by atoms with E-state index in [0.29, 0.717) is 31.5 Å². The third kappa shape index (κ3) is 3.85.